The first-order valence-electron chi connectivity index (χ1n) is 7.52. The number of hydrogen-bond acceptors (Lipinski definition) is 5. The quantitative estimate of drug-likeness (QED) is 0.681. The number of rotatable bonds is 6. The van der Waals surface area contributed by atoms with E-state index in [0.29, 0.717) is 16.7 Å². The zero-order valence-electron chi connectivity index (χ0n) is 13.3. The molecule has 0 saturated heterocycles. The highest BCUT2D eigenvalue weighted by Crippen LogP contribution is 2.25. The summed E-state index contributed by atoms with van der Waals surface area (Å²) in [7, 11) is 0. The molecule has 26 heavy (non-hydrogen) atoms. The summed E-state index contributed by atoms with van der Waals surface area (Å²) in [6.45, 7) is -3.37. The first-order chi connectivity index (χ1) is 12.5. The van der Waals surface area contributed by atoms with Gasteiger partial charge in [0.25, 0.3) is 5.91 Å². The lowest BCUT2D eigenvalue weighted by molar-refractivity contribution is -0.118. The molecular weight excluding hydrogens is 348 g/mol. The maximum Gasteiger partial charge on any atom is 0.387 e. The van der Waals surface area contributed by atoms with Crippen LogP contribution in [-0.2, 0) is 4.79 Å². The molecule has 0 bridgehead atoms. The normalized spacial score (nSPS) is 10.7. The Morgan fingerprint density at radius 1 is 1.12 bits per heavy atom. The number of nitrogens with one attached hydrogen (secondary N) is 1. The number of benzene rings is 2. The van der Waals surface area contributed by atoms with Crippen molar-refractivity contribution in [3.63, 3.8) is 0 Å². The predicted octanol–water partition coefficient (Wildman–Crippen LogP) is 3.41. The highest BCUT2D eigenvalue weighted by Gasteiger charge is 2.12. The summed E-state index contributed by atoms with van der Waals surface area (Å²) in [6.07, 6.45) is 0. The van der Waals surface area contributed by atoms with Gasteiger partial charge in [-0.1, -0.05) is 12.1 Å². The van der Waals surface area contributed by atoms with Crippen LogP contribution in [0.25, 0.3) is 11.0 Å². The average Bonchev–Trinajstić information content (AvgIpc) is 2.61. The van der Waals surface area contributed by atoms with E-state index < -0.39 is 18.1 Å². The first kappa shape index (κ1) is 17.4. The first-order valence-corrected chi connectivity index (χ1v) is 7.52. The van der Waals surface area contributed by atoms with E-state index in [9.17, 15) is 18.4 Å². The van der Waals surface area contributed by atoms with Gasteiger partial charge in [-0.15, -0.1) is 0 Å². The average molecular weight is 361 g/mol. The summed E-state index contributed by atoms with van der Waals surface area (Å²) in [5.74, 6) is -0.396. The summed E-state index contributed by atoms with van der Waals surface area (Å²) >= 11 is 0. The van der Waals surface area contributed by atoms with Gasteiger partial charge in [-0.3, -0.25) is 4.79 Å². The van der Waals surface area contributed by atoms with E-state index in [2.05, 4.69) is 10.1 Å². The Balaban J connectivity index is 1.65. The Hall–Kier alpha value is -3.42. The molecule has 1 amide bonds. The summed E-state index contributed by atoms with van der Waals surface area (Å²) in [4.78, 5) is 23.2. The lowest BCUT2D eigenvalue weighted by Gasteiger charge is -2.12. The second kappa shape index (κ2) is 7.64. The molecule has 3 rings (SSSR count). The maximum absolute atomic E-state index is 12.4. The van der Waals surface area contributed by atoms with Crippen LogP contribution >= 0.6 is 0 Å². The minimum atomic E-state index is -3.00. The number of fused-ring (bicyclic) bond motifs is 1. The molecule has 0 saturated carbocycles. The van der Waals surface area contributed by atoms with Gasteiger partial charge in [-0.2, -0.15) is 8.78 Å². The Morgan fingerprint density at radius 3 is 2.69 bits per heavy atom. The molecule has 8 heteroatoms. The van der Waals surface area contributed by atoms with Crippen LogP contribution in [0, 0.1) is 0 Å². The predicted molar refractivity (Wildman–Crippen MR) is 89.7 cm³/mol. The smallest absolute Gasteiger partial charge is 0.387 e. The fourth-order valence-corrected chi connectivity index (χ4v) is 2.23. The van der Waals surface area contributed by atoms with Crippen LogP contribution in [-0.4, -0.2) is 19.1 Å². The third kappa shape index (κ3) is 4.35. The number of halogens is 2. The van der Waals surface area contributed by atoms with Crippen molar-refractivity contribution >= 4 is 22.6 Å². The Labute approximate surface area is 146 Å². The second-order valence-electron chi connectivity index (χ2n) is 5.17. The van der Waals surface area contributed by atoms with Crippen molar-refractivity contribution in [1.82, 2.24) is 0 Å². The van der Waals surface area contributed by atoms with E-state index in [1.165, 1.54) is 30.3 Å². The topological polar surface area (TPSA) is 77.8 Å². The molecule has 0 aliphatic carbocycles. The maximum atomic E-state index is 12.4. The van der Waals surface area contributed by atoms with Crippen molar-refractivity contribution in [3.05, 3.63) is 65.0 Å². The second-order valence-corrected chi connectivity index (χ2v) is 5.17. The van der Waals surface area contributed by atoms with Gasteiger partial charge in [0.05, 0.1) is 5.69 Å². The van der Waals surface area contributed by atoms with Gasteiger partial charge < -0.3 is 19.2 Å². The Morgan fingerprint density at radius 2 is 1.88 bits per heavy atom. The Kier molecular flexibility index (Phi) is 5.12. The van der Waals surface area contributed by atoms with Crippen molar-refractivity contribution in [2.75, 3.05) is 11.9 Å². The number of amides is 1. The number of para-hydroxylation sites is 2. The fourth-order valence-electron chi connectivity index (χ4n) is 2.23. The van der Waals surface area contributed by atoms with E-state index >= 15 is 0 Å². The Bertz CT molecular complexity index is 986. The van der Waals surface area contributed by atoms with Crippen LogP contribution in [0.3, 0.4) is 0 Å². The van der Waals surface area contributed by atoms with Crippen LogP contribution in [0.1, 0.15) is 0 Å². The van der Waals surface area contributed by atoms with Crippen molar-refractivity contribution < 1.29 is 27.5 Å². The molecule has 0 aliphatic heterocycles. The molecular formula is C18H13F2NO5. The number of hydrogen-bond donors (Lipinski definition) is 1. The molecule has 0 unspecified atom stereocenters. The van der Waals surface area contributed by atoms with Gasteiger partial charge in [0.1, 0.15) is 17.1 Å². The van der Waals surface area contributed by atoms with Crippen molar-refractivity contribution in [2.24, 2.45) is 0 Å². The molecule has 6 nitrogen and oxygen atoms in total. The van der Waals surface area contributed by atoms with Crippen LogP contribution in [0.5, 0.6) is 11.5 Å². The van der Waals surface area contributed by atoms with Gasteiger partial charge in [0.15, 0.2) is 6.61 Å². The molecule has 0 radical (unpaired) electrons. The molecule has 0 aliphatic rings. The third-order valence-corrected chi connectivity index (χ3v) is 3.34. The lowest BCUT2D eigenvalue weighted by Crippen LogP contribution is -2.20. The molecule has 1 N–H and O–H groups in total. The minimum absolute atomic E-state index is 0.103. The minimum Gasteiger partial charge on any atom is -0.484 e. The number of alkyl halides is 2. The summed E-state index contributed by atoms with van der Waals surface area (Å²) in [6, 6.07) is 13.5. The van der Waals surface area contributed by atoms with E-state index in [1.54, 1.807) is 24.3 Å². The highest BCUT2D eigenvalue weighted by atomic mass is 19.3. The molecule has 3 aromatic rings. The largest absolute Gasteiger partial charge is 0.484 e. The molecule has 134 valence electrons. The monoisotopic (exact) mass is 361 g/mol. The summed E-state index contributed by atoms with van der Waals surface area (Å²) < 4.78 is 39.5. The van der Waals surface area contributed by atoms with Crippen LogP contribution in [0.15, 0.2) is 63.8 Å². The zero-order chi connectivity index (χ0) is 18.5. The van der Waals surface area contributed by atoms with Crippen molar-refractivity contribution in [1.29, 1.82) is 0 Å². The molecule has 2 aromatic carbocycles. The highest BCUT2D eigenvalue weighted by molar-refractivity contribution is 5.93. The molecule has 1 aromatic heterocycles. The third-order valence-electron chi connectivity index (χ3n) is 3.34. The summed E-state index contributed by atoms with van der Waals surface area (Å²) in [5.41, 5.74) is -0.0694. The van der Waals surface area contributed by atoms with Gasteiger partial charge in [-0.05, 0) is 30.3 Å². The van der Waals surface area contributed by atoms with E-state index in [4.69, 9.17) is 9.15 Å². The molecule has 0 atom stereocenters. The van der Waals surface area contributed by atoms with Crippen LogP contribution in [0.4, 0.5) is 14.5 Å². The van der Waals surface area contributed by atoms with Gasteiger partial charge >= 0.3 is 12.2 Å². The molecule has 1 heterocycles. The van der Waals surface area contributed by atoms with Gasteiger partial charge in [0, 0.05) is 17.5 Å². The number of anilines is 1. The van der Waals surface area contributed by atoms with Crippen molar-refractivity contribution in [2.45, 2.75) is 6.61 Å². The van der Waals surface area contributed by atoms with E-state index in [1.807, 2.05) is 0 Å². The fraction of sp³-hybridized carbons (Fsp3) is 0.111. The number of carbonyl (C=O) groups is 1. The zero-order valence-corrected chi connectivity index (χ0v) is 13.3. The number of carbonyl (C=O) groups excluding carboxylic acids is 1. The van der Waals surface area contributed by atoms with E-state index in [0.717, 1.165) is 0 Å². The number of ether oxygens (including phenoxy) is 2. The SMILES string of the molecule is O=C(COc1ccc2ccc(=O)oc2c1)Nc1ccccc1OC(F)F. The van der Waals surface area contributed by atoms with Crippen LogP contribution < -0.4 is 20.4 Å². The lowest BCUT2D eigenvalue weighted by atomic mass is 10.2. The molecule has 0 spiro atoms. The van der Waals surface area contributed by atoms with Crippen molar-refractivity contribution in [3.8, 4) is 11.5 Å². The molecule has 0 fully saturated rings. The van der Waals surface area contributed by atoms with Gasteiger partial charge in [0.2, 0.25) is 0 Å². The van der Waals surface area contributed by atoms with E-state index in [-0.39, 0.29) is 18.0 Å². The summed E-state index contributed by atoms with van der Waals surface area (Å²) in [5, 5.41) is 3.14. The van der Waals surface area contributed by atoms with Gasteiger partial charge in [-0.25, -0.2) is 4.79 Å². The standard InChI is InChI=1S/C18H13F2NO5/c19-18(20)26-14-4-2-1-3-13(14)21-16(22)10-24-12-7-5-11-6-8-17(23)25-15(11)9-12/h1-9,18H,10H2,(H,21,22). The van der Waals surface area contributed by atoms with Crippen LogP contribution in [0.2, 0.25) is 0 Å².